The third kappa shape index (κ3) is 4.42. The molecular weight excluding hydrogens is 305 g/mol. The van der Waals surface area contributed by atoms with Crippen LogP contribution in [0.3, 0.4) is 0 Å². The Morgan fingerprint density at radius 1 is 1.14 bits per heavy atom. The van der Waals surface area contributed by atoms with Gasteiger partial charge in [-0.25, -0.2) is 13.3 Å². The first kappa shape index (κ1) is 16.3. The molecule has 0 bridgehead atoms. The maximum Gasteiger partial charge on any atom is 0.460 e. The van der Waals surface area contributed by atoms with Crippen LogP contribution in [0.5, 0.6) is 0 Å². The predicted octanol–water partition coefficient (Wildman–Crippen LogP) is 1.73. The number of alkyl halides is 3. The number of halogens is 3. The van der Waals surface area contributed by atoms with Crippen LogP contribution < -0.4 is 0 Å². The maximum absolute atomic E-state index is 12.5. The lowest BCUT2D eigenvalue weighted by Gasteiger charge is -2.35. The van der Waals surface area contributed by atoms with Gasteiger partial charge in [-0.1, -0.05) is 12.1 Å². The Bertz CT molecular complexity index is 594. The lowest BCUT2D eigenvalue weighted by Crippen LogP contribution is -2.51. The number of hydrogen-bond acceptors (Lipinski definition) is 4. The number of benzene rings is 1. The normalized spacial score (nSPS) is 18.9. The van der Waals surface area contributed by atoms with Crippen LogP contribution in [0.15, 0.2) is 29.2 Å². The van der Waals surface area contributed by atoms with Crippen molar-refractivity contribution in [1.82, 2.24) is 9.80 Å². The topological polar surface area (TPSA) is 40.6 Å². The molecule has 0 atom stereocenters. The first-order valence-electron chi connectivity index (χ1n) is 6.49. The van der Waals surface area contributed by atoms with Crippen molar-refractivity contribution >= 4 is 9.84 Å². The second-order valence-electron chi connectivity index (χ2n) is 5.15. The van der Waals surface area contributed by atoms with Gasteiger partial charge in [0.1, 0.15) is 0 Å². The maximum atomic E-state index is 12.5. The van der Waals surface area contributed by atoms with Gasteiger partial charge in [0.2, 0.25) is 0 Å². The van der Waals surface area contributed by atoms with Crippen LogP contribution in [0.25, 0.3) is 0 Å². The highest BCUT2D eigenvalue weighted by Gasteiger charge is 2.38. The van der Waals surface area contributed by atoms with Gasteiger partial charge in [-0.15, -0.1) is 0 Å². The first-order valence-corrected chi connectivity index (χ1v) is 8.38. The molecule has 1 aliphatic heterocycles. The summed E-state index contributed by atoms with van der Waals surface area (Å²) in [7, 11) is -3.27. The van der Waals surface area contributed by atoms with Crippen molar-refractivity contribution < 1.29 is 21.6 Å². The molecule has 21 heavy (non-hydrogen) atoms. The van der Waals surface area contributed by atoms with E-state index in [4.69, 9.17) is 0 Å². The van der Waals surface area contributed by atoms with Crippen molar-refractivity contribution in [2.75, 3.05) is 32.4 Å². The molecule has 0 radical (unpaired) electrons. The number of hydrogen-bond donors (Lipinski definition) is 0. The van der Waals surface area contributed by atoms with E-state index in [1.165, 1.54) is 6.07 Å². The summed E-state index contributed by atoms with van der Waals surface area (Å²) in [6.07, 6.45) is -3.14. The summed E-state index contributed by atoms with van der Waals surface area (Å²) in [6.45, 7) is 0.949. The molecular formula is C13H17F3N2O2S. The second-order valence-corrected chi connectivity index (χ2v) is 7.17. The average Bonchev–Trinajstić information content (AvgIpc) is 2.37. The van der Waals surface area contributed by atoms with E-state index in [1.54, 1.807) is 18.2 Å². The molecule has 0 aromatic heterocycles. The van der Waals surface area contributed by atoms with Gasteiger partial charge in [-0.05, 0) is 17.7 Å². The zero-order chi connectivity index (χ0) is 15.7. The first-order chi connectivity index (χ1) is 9.66. The van der Waals surface area contributed by atoms with Crippen LogP contribution in [-0.4, -0.2) is 57.0 Å². The molecule has 0 amide bonds. The summed E-state index contributed by atoms with van der Waals surface area (Å²) >= 11 is 0. The van der Waals surface area contributed by atoms with Gasteiger partial charge in [-0.3, -0.25) is 4.90 Å². The molecule has 0 spiro atoms. The molecule has 4 nitrogen and oxygen atoms in total. The van der Waals surface area contributed by atoms with Crippen LogP contribution in [0, 0.1) is 0 Å². The van der Waals surface area contributed by atoms with E-state index in [9.17, 15) is 21.6 Å². The molecule has 2 rings (SSSR count). The Morgan fingerprint density at radius 3 is 2.29 bits per heavy atom. The third-order valence-electron chi connectivity index (χ3n) is 3.46. The van der Waals surface area contributed by atoms with Crippen molar-refractivity contribution in [2.24, 2.45) is 0 Å². The minimum atomic E-state index is -4.28. The average molecular weight is 322 g/mol. The van der Waals surface area contributed by atoms with Crippen molar-refractivity contribution in [1.29, 1.82) is 0 Å². The molecule has 1 aromatic carbocycles. The lowest BCUT2D eigenvalue weighted by atomic mass is 10.2. The van der Waals surface area contributed by atoms with Crippen molar-refractivity contribution in [3.63, 3.8) is 0 Å². The summed E-state index contributed by atoms with van der Waals surface area (Å²) < 4.78 is 60.5. The molecule has 1 heterocycles. The summed E-state index contributed by atoms with van der Waals surface area (Å²) in [4.78, 5) is 2.62. The SMILES string of the molecule is CS(=O)(=O)c1cccc(CN2CCN(C(F)(F)F)CC2)c1. The van der Waals surface area contributed by atoms with E-state index in [1.807, 2.05) is 4.90 Å². The van der Waals surface area contributed by atoms with Crippen LogP contribution in [0.2, 0.25) is 0 Å². The van der Waals surface area contributed by atoms with E-state index in [0.717, 1.165) is 11.8 Å². The summed E-state index contributed by atoms with van der Waals surface area (Å²) in [5, 5.41) is 0. The van der Waals surface area contributed by atoms with Crippen LogP contribution in [0.1, 0.15) is 5.56 Å². The Labute approximate surface area is 122 Å². The highest BCUT2D eigenvalue weighted by atomic mass is 32.2. The molecule has 118 valence electrons. The van der Waals surface area contributed by atoms with Crippen molar-refractivity contribution in [2.45, 2.75) is 17.7 Å². The molecule has 0 unspecified atom stereocenters. The largest absolute Gasteiger partial charge is 0.460 e. The standard InChI is InChI=1S/C13H17F3N2O2S/c1-21(19,20)12-4-2-3-11(9-12)10-17-5-7-18(8-6-17)13(14,15)16/h2-4,9H,5-8,10H2,1H3. The molecule has 0 saturated carbocycles. The number of sulfone groups is 1. The van der Waals surface area contributed by atoms with Gasteiger partial charge in [0.25, 0.3) is 0 Å². The smallest absolute Gasteiger partial charge is 0.297 e. The third-order valence-corrected chi connectivity index (χ3v) is 4.57. The van der Waals surface area contributed by atoms with Gasteiger partial charge in [-0.2, -0.15) is 13.2 Å². The second kappa shape index (κ2) is 5.94. The minimum Gasteiger partial charge on any atom is -0.297 e. The summed E-state index contributed by atoms with van der Waals surface area (Å²) in [6, 6.07) is 6.52. The van der Waals surface area contributed by atoms with E-state index in [-0.39, 0.29) is 18.0 Å². The fourth-order valence-electron chi connectivity index (χ4n) is 2.29. The lowest BCUT2D eigenvalue weighted by molar-refractivity contribution is -0.252. The minimum absolute atomic E-state index is 0.0603. The van der Waals surface area contributed by atoms with Crippen LogP contribution in [-0.2, 0) is 16.4 Å². The Kier molecular flexibility index (Phi) is 4.60. The molecule has 0 N–H and O–H groups in total. The monoisotopic (exact) mass is 322 g/mol. The Hall–Kier alpha value is -1.12. The van der Waals surface area contributed by atoms with E-state index in [0.29, 0.717) is 24.5 Å². The molecule has 1 aliphatic rings. The zero-order valence-electron chi connectivity index (χ0n) is 11.6. The molecule has 1 aromatic rings. The number of piperazine rings is 1. The van der Waals surface area contributed by atoms with Crippen LogP contribution in [0.4, 0.5) is 13.2 Å². The molecule has 1 fully saturated rings. The van der Waals surface area contributed by atoms with Gasteiger partial charge in [0.15, 0.2) is 9.84 Å². The number of nitrogens with zero attached hydrogens (tertiary/aromatic N) is 2. The van der Waals surface area contributed by atoms with Crippen LogP contribution >= 0.6 is 0 Å². The molecule has 1 saturated heterocycles. The van der Waals surface area contributed by atoms with Crippen molar-refractivity contribution in [3.05, 3.63) is 29.8 Å². The fraction of sp³-hybridized carbons (Fsp3) is 0.538. The van der Waals surface area contributed by atoms with E-state index < -0.39 is 16.1 Å². The van der Waals surface area contributed by atoms with E-state index in [2.05, 4.69) is 0 Å². The van der Waals surface area contributed by atoms with Crippen molar-refractivity contribution in [3.8, 4) is 0 Å². The summed E-state index contributed by atoms with van der Waals surface area (Å²) in [5.74, 6) is 0. The Balaban J connectivity index is 1.98. The highest BCUT2D eigenvalue weighted by molar-refractivity contribution is 7.90. The number of rotatable bonds is 3. The van der Waals surface area contributed by atoms with Gasteiger partial charge < -0.3 is 0 Å². The summed E-state index contributed by atoms with van der Waals surface area (Å²) in [5.41, 5.74) is 0.790. The molecule has 0 aliphatic carbocycles. The fourth-order valence-corrected chi connectivity index (χ4v) is 2.98. The van der Waals surface area contributed by atoms with Gasteiger partial charge in [0.05, 0.1) is 4.90 Å². The molecule has 8 heteroatoms. The zero-order valence-corrected chi connectivity index (χ0v) is 12.4. The predicted molar refractivity (Wildman–Crippen MR) is 72.5 cm³/mol. The highest BCUT2D eigenvalue weighted by Crippen LogP contribution is 2.23. The quantitative estimate of drug-likeness (QED) is 0.795. The van der Waals surface area contributed by atoms with Gasteiger partial charge in [0, 0.05) is 39.0 Å². The van der Waals surface area contributed by atoms with E-state index >= 15 is 0 Å². The van der Waals surface area contributed by atoms with Gasteiger partial charge >= 0.3 is 6.30 Å². The Morgan fingerprint density at radius 2 is 1.76 bits per heavy atom.